The number of hydrogen-bond donors (Lipinski definition) is 1. The number of hydrogen-bond acceptors (Lipinski definition) is 5. The van der Waals surface area contributed by atoms with E-state index < -0.39 is 11.0 Å². The van der Waals surface area contributed by atoms with Gasteiger partial charge in [0.25, 0.3) is 0 Å². The fraction of sp³-hybridized carbons (Fsp3) is 0.611. The average Bonchev–Trinajstić information content (AvgIpc) is 2.54. The van der Waals surface area contributed by atoms with Crippen molar-refractivity contribution in [2.24, 2.45) is 5.41 Å². The smallest absolute Gasteiger partial charge is 0.410 e. The van der Waals surface area contributed by atoms with Crippen molar-refractivity contribution >= 4 is 17.7 Å². The highest BCUT2D eigenvalue weighted by Crippen LogP contribution is 2.33. The number of nitrogens with one attached hydrogen (secondary N) is 1. The maximum atomic E-state index is 12.7. The zero-order valence-electron chi connectivity index (χ0n) is 15.6. The van der Waals surface area contributed by atoms with Crippen LogP contribution in [0.4, 0.5) is 10.5 Å². The molecule has 7 nitrogen and oxygen atoms in total. The van der Waals surface area contributed by atoms with Crippen molar-refractivity contribution in [3.8, 4) is 5.75 Å². The molecule has 2 amide bonds. The second-order valence-electron chi connectivity index (χ2n) is 7.60. The average molecular weight is 349 g/mol. The summed E-state index contributed by atoms with van der Waals surface area (Å²) in [5, 5.41) is 2.89. The van der Waals surface area contributed by atoms with Crippen LogP contribution in [0.5, 0.6) is 5.75 Å². The van der Waals surface area contributed by atoms with Gasteiger partial charge in [-0.15, -0.1) is 0 Å². The van der Waals surface area contributed by atoms with Gasteiger partial charge in [-0.1, -0.05) is 6.92 Å². The highest BCUT2D eigenvalue weighted by molar-refractivity contribution is 5.95. The standard InChI is InChI=1S/C18H27N3O4/c1-17(2,3)25-16(23)21-8-6-18(4,7-9-21)15(22)20-13-10-14(24-5)12-19-11-13/h10-12H,6-9H2,1-5H3,(H,20,22). The van der Waals surface area contributed by atoms with Crippen LogP contribution in [0.3, 0.4) is 0 Å². The van der Waals surface area contributed by atoms with Crippen LogP contribution in [0.2, 0.25) is 0 Å². The van der Waals surface area contributed by atoms with Gasteiger partial charge in [-0.2, -0.15) is 0 Å². The SMILES string of the molecule is COc1cncc(NC(=O)C2(C)CCN(C(=O)OC(C)(C)C)CC2)c1. The normalized spacial score (nSPS) is 16.9. The van der Waals surface area contributed by atoms with Crippen LogP contribution in [0.15, 0.2) is 18.5 Å². The topological polar surface area (TPSA) is 80.8 Å². The molecule has 138 valence electrons. The molecule has 0 unspecified atom stereocenters. The summed E-state index contributed by atoms with van der Waals surface area (Å²) in [4.78, 5) is 30.5. The molecule has 0 aromatic carbocycles. The lowest BCUT2D eigenvalue weighted by atomic mass is 9.79. The molecule has 0 spiro atoms. The summed E-state index contributed by atoms with van der Waals surface area (Å²) in [6.45, 7) is 8.44. The Morgan fingerprint density at radius 3 is 2.44 bits per heavy atom. The largest absolute Gasteiger partial charge is 0.495 e. The monoisotopic (exact) mass is 349 g/mol. The molecule has 1 aliphatic rings. The summed E-state index contributed by atoms with van der Waals surface area (Å²) in [6.07, 6.45) is 3.99. The lowest BCUT2D eigenvalue weighted by Gasteiger charge is -2.38. The van der Waals surface area contributed by atoms with E-state index >= 15 is 0 Å². The summed E-state index contributed by atoms with van der Waals surface area (Å²) in [5.74, 6) is 0.508. The van der Waals surface area contributed by atoms with Crippen molar-refractivity contribution < 1.29 is 19.1 Å². The van der Waals surface area contributed by atoms with Crippen molar-refractivity contribution in [3.63, 3.8) is 0 Å². The molecule has 1 N–H and O–H groups in total. The summed E-state index contributed by atoms with van der Waals surface area (Å²) < 4.78 is 10.5. The van der Waals surface area contributed by atoms with Gasteiger partial charge in [0, 0.05) is 19.2 Å². The van der Waals surface area contributed by atoms with Gasteiger partial charge in [0.15, 0.2) is 0 Å². The summed E-state index contributed by atoms with van der Waals surface area (Å²) in [6, 6.07) is 1.73. The van der Waals surface area contributed by atoms with Crippen LogP contribution in [-0.4, -0.2) is 47.7 Å². The number of ether oxygens (including phenoxy) is 2. The lowest BCUT2D eigenvalue weighted by Crippen LogP contribution is -2.48. The number of pyridine rings is 1. The van der Waals surface area contributed by atoms with E-state index in [4.69, 9.17) is 9.47 Å². The van der Waals surface area contributed by atoms with Crippen molar-refractivity contribution in [1.29, 1.82) is 0 Å². The molecule has 0 saturated carbocycles. The van der Waals surface area contributed by atoms with Gasteiger partial charge in [-0.3, -0.25) is 9.78 Å². The minimum atomic E-state index is -0.540. The highest BCUT2D eigenvalue weighted by atomic mass is 16.6. The Hall–Kier alpha value is -2.31. The number of carbonyl (C=O) groups excluding carboxylic acids is 2. The van der Waals surface area contributed by atoms with Crippen molar-refractivity contribution in [2.75, 3.05) is 25.5 Å². The van der Waals surface area contributed by atoms with Gasteiger partial charge in [-0.25, -0.2) is 4.79 Å². The van der Waals surface area contributed by atoms with Crippen molar-refractivity contribution in [3.05, 3.63) is 18.5 Å². The van der Waals surface area contributed by atoms with E-state index in [0.717, 1.165) is 0 Å². The van der Waals surface area contributed by atoms with E-state index in [-0.39, 0.29) is 12.0 Å². The molecule has 0 atom stereocenters. The molecule has 1 saturated heterocycles. The predicted molar refractivity (Wildman–Crippen MR) is 94.6 cm³/mol. The third-order valence-corrected chi connectivity index (χ3v) is 4.27. The fourth-order valence-corrected chi connectivity index (χ4v) is 2.62. The second-order valence-corrected chi connectivity index (χ2v) is 7.60. The van der Waals surface area contributed by atoms with Gasteiger partial charge in [0.2, 0.25) is 5.91 Å². The highest BCUT2D eigenvalue weighted by Gasteiger charge is 2.39. The maximum Gasteiger partial charge on any atom is 0.410 e. The first kappa shape index (κ1) is 19.0. The molecule has 0 radical (unpaired) electrons. The van der Waals surface area contributed by atoms with Crippen LogP contribution in [0.25, 0.3) is 0 Å². The molecule has 1 aromatic rings. The molecule has 2 rings (SSSR count). The number of carbonyl (C=O) groups is 2. The third kappa shape index (κ3) is 5.08. The maximum absolute atomic E-state index is 12.7. The second kappa shape index (κ2) is 7.29. The molecular formula is C18H27N3O4. The zero-order chi connectivity index (χ0) is 18.7. The first-order chi connectivity index (χ1) is 11.6. The van der Waals surface area contributed by atoms with Crippen molar-refractivity contribution in [1.82, 2.24) is 9.88 Å². The molecule has 25 heavy (non-hydrogen) atoms. The number of nitrogens with zero attached hydrogens (tertiary/aromatic N) is 2. The molecule has 7 heteroatoms. The van der Waals surface area contributed by atoms with Crippen LogP contribution >= 0.6 is 0 Å². The van der Waals surface area contributed by atoms with Crippen LogP contribution in [0.1, 0.15) is 40.5 Å². The van der Waals surface area contributed by atoms with Gasteiger partial charge < -0.3 is 19.7 Å². The van der Waals surface area contributed by atoms with Gasteiger partial charge in [0.05, 0.1) is 30.6 Å². The Kier molecular flexibility index (Phi) is 5.55. The third-order valence-electron chi connectivity index (χ3n) is 4.27. The molecular weight excluding hydrogens is 322 g/mol. The summed E-state index contributed by atoms with van der Waals surface area (Å²) in [7, 11) is 1.55. The Labute approximate surface area is 148 Å². The first-order valence-electron chi connectivity index (χ1n) is 8.41. The Balaban J connectivity index is 1.94. The molecule has 1 aromatic heterocycles. The van der Waals surface area contributed by atoms with Crippen molar-refractivity contribution in [2.45, 2.75) is 46.1 Å². The van der Waals surface area contributed by atoms with E-state index in [9.17, 15) is 9.59 Å². The molecule has 2 heterocycles. The number of piperidine rings is 1. The summed E-state index contributed by atoms with van der Waals surface area (Å²) in [5.41, 5.74) is -0.462. The molecule has 0 aliphatic carbocycles. The first-order valence-corrected chi connectivity index (χ1v) is 8.41. The summed E-state index contributed by atoms with van der Waals surface area (Å²) >= 11 is 0. The number of rotatable bonds is 3. The molecule has 0 bridgehead atoms. The predicted octanol–water partition coefficient (Wildman–Crippen LogP) is 3.07. The Morgan fingerprint density at radius 1 is 1.24 bits per heavy atom. The lowest BCUT2D eigenvalue weighted by molar-refractivity contribution is -0.127. The Bertz CT molecular complexity index is 631. The van der Waals surface area contributed by atoms with Crippen LogP contribution in [-0.2, 0) is 9.53 Å². The van der Waals surface area contributed by atoms with E-state index in [1.165, 1.54) is 0 Å². The fourth-order valence-electron chi connectivity index (χ4n) is 2.62. The molecule has 1 fully saturated rings. The quantitative estimate of drug-likeness (QED) is 0.907. The minimum Gasteiger partial charge on any atom is -0.495 e. The van der Waals surface area contributed by atoms with Gasteiger partial charge in [0.1, 0.15) is 11.4 Å². The van der Waals surface area contributed by atoms with Gasteiger partial charge >= 0.3 is 6.09 Å². The minimum absolute atomic E-state index is 0.0774. The van der Waals surface area contributed by atoms with Crippen LogP contribution in [0, 0.1) is 5.41 Å². The number of methoxy groups -OCH3 is 1. The van der Waals surface area contributed by atoms with Gasteiger partial charge in [-0.05, 0) is 33.6 Å². The van der Waals surface area contributed by atoms with E-state index in [1.54, 1.807) is 30.5 Å². The number of aromatic nitrogens is 1. The zero-order valence-corrected chi connectivity index (χ0v) is 15.6. The van der Waals surface area contributed by atoms with Crippen LogP contribution < -0.4 is 10.1 Å². The van der Waals surface area contributed by atoms with E-state index in [0.29, 0.717) is 37.4 Å². The number of likely N-dealkylation sites (tertiary alicyclic amines) is 1. The van der Waals surface area contributed by atoms with E-state index in [2.05, 4.69) is 10.3 Å². The number of amides is 2. The number of anilines is 1. The Morgan fingerprint density at radius 2 is 1.88 bits per heavy atom. The van der Waals surface area contributed by atoms with E-state index in [1.807, 2.05) is 27.7 Å². The molecule has 1 aliphatic heterocycles.